The SMILES string of the molecule is O=C(O)C(O)[C@@H](O)[C@H](O)[C@H](O)CO.O=C(O)C(O)[C@@H](O)[C@H](O)[C@H](O)CO.[O]=[Sb][O][Sb]=[O]. The molecule has 0 radical (unpaired) electrons. The van der Waals surface area contributed by atoms with Crippen molar-refractivity contribution >= 4 is 56.0 Å². The number of carbonyl (C=O) groups is 2. The van der Waals surface area contributed by atoms with E-state index < -0.39 is 118 Å². The summed E-state index contributed by atoms with van der Waals surface area (Å²) < 4.78 is 22.6. The van der Waals surface area contributed by atoms with Crippen molar-refractivity contribution < 1.29 is 78.2 Å². The van der Waals surface area contributed by atoms with E-state index in [-0.39, 0.29) is 0 Å². The molecule has 184 valence electrons. The molecule has 0 aromatic carbocycles. The van der Waals surface area contributed by atoms with E-state index in [0.717, 1.165) is 0 Å². The van der Waals surface area contributed by atoms with Gasteiger partial charge in [0, 0.05) is 0 Å². The van der Waals surface area contributed by atoms with Gasteiger partial charge in [-0.25, -0.2) is 9.59 Å². The summed E-state index contributed by atoms with van der Waals surface area (Å²) in [7, 11) is 0. The molecular weight excluding hydrogens is 660 g/mol. The van der Waals surface area contributed by atoms with Crippen LogP contribution < -0.4 is 0 Å². The van der Waals surface area contributed by atoms with E-state index in [1.807, 2.05) is 0 Å². The second-order valence-corrected chi connectivity index (χ2v) is 9.70. The van der Waals surface area contributed by atoms with Crippen molar-refractivity contribution in [1.29, 1.82) is 0 Å². The maximum atomic E-state index is 10.1. The van der Waals surface area contributed by atoms with Gasteiger partial charge in [0.25, 0.3) is 0 Å². The van der Waals surface area contributed by atoms with Gasteiger partial charge in [0.1, 0.15) is 36.6 Å². The Morgan fingerprint density at radius 2 is 0.871 bits per heavy atom. The minimum atomic E-state index is -2.20. The molecule has 0 heterocycles. The first-order chi connectivity index (χ1) is 14.2. The molecule has 0 rings (SSSR count). The van der Waals surface area contributed by atoms with Crippen LogP contribution in [0.3, 0.4) is 0 Å². The van der Waals surface area contributed by atoms with Gasteiger partial charge in [-0.05, 0) is 0 Å². The number of carboxylic acid groups (broad SMARTS) is 2. The third kappa shape index (κ3) is 16.1. The first-order valence-corrected chi connectivity index (χ1v) is 11.8. The van der Waals surface area contributed by atoms with Gasteiger partial charge >= 0.3 is 63.3 Å². The van der Waals surface area contributed by atoms with Crippen LogP contribution >= 0.6 is 0 Å². The summed E-state index contributed by atoms with van der Waals surface area (Å²) in [6.07, 6.45) is -15.7. The number of aliphatic carboxylic acids is 2. The minimum absolute atomic E-state index is 0.843. The van der Waals surface area contributed by atoms with E-state index >= 15 is 0 Å². The average molecular weight is 684 g/mol. The number of hydrogen-bond acceptors (Lipinski definition) is 15. The molecule has 0 amide bonds. The van der Waals surface area contributed by atoms with E-state index in [1.165, 1.54) is 0 Å². The zero-order valence-electron chi connectivity index (χ0n) is 15.3. The number of aliphatic hydroxyl groups excluding tert-OH is 10. The molecule has 0 aromatic heterocycles. The van der Waals surface area contributed by atoms with Gasteiger partial charge in [0.15, 0.2) is 12.2 Å². The molecule has 19 heteroatoms. The van der Waals surface area contributed by atoms with E-state index in [2.05, 4.69) is 1.29 Å². The van der Waals surface area contributed by atoms with Crippen molar-refractivity contribution in [3.63, 3.8) is 0 Å². The van der Waals surface area contributed by atoms with Gasteiger partial charge in [0.05, 0.1) is 13.2 Å². The van der Waals surface area contributed by atoms with Crippen LogP contribution in [0, 0.1) is 0 Å². The van der Waals surface area contributed by atoms with Crippen LogP contribution in [-0.2, 0) is 16.9 Å². The summed E-state index contributed by atoms with van der Waals surface area (Å²) in [6.45, 7) is -1.69. The maximum absolute atomic E-state index is 10.1. The summed E-state index contributed by atoms with van der Waals surface area (Å²) in [5.41, 5.74) is 0. The summed E-state index contributed by atoms with van der Waals surface area (Å²) >= 11 is -3.31. The Bertz CT molecular complexity index is 477. The molecule has 0 saturated heterocycles. The van der Waals surface area contributed by atoms with Crippen molar-refractivity contribution in [2.24, 2.45) is 0 Å². The molecule has 2 unspecified atom stereocenters. The molecular formula is C12H24O17Sb2. The Hall–Kier alpha value is -0.264. The van der Waals surface area contributed by atoms with Crippen molar-refractivity contribution in [2.75, 3.05) is 13.2 Å². The summed E-state index contributed by atoms with van der Waals surface area (Å²) in [4.78, 5) is 20.2. The zero-order chi connectivity index (χ0) is 25.3. The summed E-state index contributed by atoms with van der Waals surface area (Å²) in [5, 5.41) is 104. The van der Waals surface area contributed by atoms with Gasteiger partial charge in [-0.15, -0.1) is 0 Å². The molecule has 0 spiro atoms. The molecule has 0 aliphatic rings. The fourth-order valence-electron chi connectivity index (χ4n) is 1.35. The number of carboxylic acids is 2. The van der Waals surface area contributed by atoms with Crippen LogP contribution in [0.1, 0.15) is 0 Å². The number of aliphatic hydroxyl groups is 10. The monoisotopic (exact) mass is 682 g/mol. The van der Waals surface area contributed by atoms with Crippen molar-refractivity contribution in [1.82, 2.24) is 0 Å². The molecule has 12 N–H and O–H groups in total. The quantitative estimate of drug-likeness (QED) is 0.0850. The van der Waals surface area contributed by atoms with Crippen LogP contribution in [0.2, 0.25) is 0 Å². The Labute approximate surface area is 195 Å². The Balaban J connectivity index is -0.000000416. The van der Waals surface area contributed by atoms with Crippen molar-refractivity contribution in [2.45, 2.75) is 48.8 Å². The standard InChI is InChI=1S/2C6H12O7.3O.2Sb/c2*7-1-2(8)3(9)4(10)5(11)6(12)13;;;;;/h2*2-5,7-11H,1H2,(H,12,13);;;;;/t2*2-,3-,4+,5?;;;;;/m11...../s1. The predicted molar refractivity (Wildman–Crippen MR) is 91.5 cm³/mol. The normalized spacial score (nSPS) is 18.1. The van der Waals surface area contributed by atoms with Crippen LogP contribution in [0.4, 0.5) is 0 Å². The first-order valence-electron chi connectivity index (χ1n) is 7.68. The molecule has 0 aliphatic heterocycles. The van der Waals surface area contributed by atoms with E-state index in [0.29, 0.717) is 0 Å². The summed E-state index contributed by atoms with van der Waals surface area (Å²) in [6, 6.07) is 0. The molecule has 0 bridgehead atoms. The van der Waals surface area contributed by atoms with Crippen LogP contribution in [0.15, 0.2) is 0 Å². The third-order valence-electron chi connectivity index (χ3n) is 3.08. The third-order valence-corrected chi connectivity index (χ3v) is 6.02. The van der Waals surface area contributed by atoms with Crippen LogP contribution in [0.5, 0.6) is 0 Å². The summed E-state index contributed by atoms with van der Waals surface area (Å²) in [5.74, 6) is -3.45. The van der Waals surface area contributed by atoms with Crippen LogP contribution in [-0.4, -0.2) is 179 Å². The van der Waals surface area contributed by atoms with E-state index in [9.17, 15) is 15.6 Å². The average Bonchev–Trinajstić information content (AvgIpc) is 2.75. The van der Waals surface area contributed by atoms with Gasteiger partial charge in [-0.2, -0.15) is 0 Å². The molecule has 0 saturated carbocycles. The van der Waals surface area contributed by atoms with Gasteiger partial charge in [-0.3, -0.25) is 0 Å². The zero-order valence-corrected chi connectivity index (χ0v) is 20.4. The molecule has 31 heavy (non-hydrogen) atoms. The second-order valence-electron chi connectivity index (χ2n) is 5.26. The number of hydrogen-bond donors (Lipinski definition) is 12. The molecule has 17 nitrogen and oxygen atoms in total. The Kier molecular flexibility index (Phi) is 23.2. The second kappa shape index (κ2) is 20.4. The van der Waals surface area contributed by atoms with Crippen molar-refractivity contribution in [3.05, 3.63) is 0 Å². The fourth-order valence-corrected chi connectivity index (χ4v) is 1.95. The molecule has 0 aliphatic carbocycles. The Morgan fingerprint density at radius 3 is 1.00 bits per heavy atom. The molecule has 8 atom stereocenters. The van der Waals surface area contributed by atoms with Crippen molar-refractivity contribution in [3.8, 4) is 0 Å². The van der Waals surface area contributed by atoms with Crippen LogP contribution in [0.25, 0.3) is 0 Å². The molecule has 0 fully saturated rings. The Morgan fingerprint density at radius 1 is 0.613 bits per heavy atom. The predicted octanol–water partition coefficient (Wildman–Crippen LogP) is -8.05. The van der Waals surface area contributed by atoms with E-state index in [1.54, 1.807) is 0 Å². The van der Waals surface area contributed by atoms with Gasteiger partial charge in [-0.1, -0.05) is 0 Å². The fraction of sp³-hybridized carbons (Fsp3) is 0.833. The first kappa shape index (κ1) is 35.3. The number of rotatable bonds is 12. The van der Waals surface area contributed by atoms with E-state index in [4.69, 9.17) is 61.3 Å². The van der Waals surface area contributed by atoms with Gasteiger partial charge in [0.2, 0.25) is 0 Å². The van der Waals surface area contributed by atoms with Gasteiger partial charge < -0.3 is 61.3 Å². The molecule has 0 aromatic rings. The topological polar surface area (TPSA) is 320 Å².